The van der Waals surface area contributed by atoms with E-state index in [1.54, 1.807) is 132 Å². The third-order valence-corrected chi connectivity index (χ3v) is 18.4. The molecular formula is C74H52N8O2S4. The van der Waals surface area contributed by atoms with Crippen molar-refractivity contribution in [1.82, 2.24) is 39.9 Å². The first-order chi connectivity index (χ1) is 43.4. The summed E-state index contributed by atoms with van der Waals surface area (Å²) in [5.41, 5.74) is 7.65. The number of ketones is 2. The number of hydrogen-bond donors (Lipinski definition) is 0. The second-order valence-corrected chi connectivity index (χ2v) is 24.5. The molecule has 12 aromatic heterocycles. The Kier molecular flexibility index (Phi) is 20.6. The maximum Gasteiger partial charge on any atom is 0.150 e. The van der Waals surface area contributed by atoms with Gasteiger partial charge in [0.05, 0.1) is 43.2 Å². The number of Topliss-reactive ketones (excluding diaryl/α,β-unsaturated/α-hetero) is 2. The van der Waals surface area contributed by atoms with E-state index in [1.165, 1.54) is 0 Å². The summed E-state index contributed by atoms with van der Waals surface area (Å²) in [7, 11) is 0. The lowest BCUT2D eigenvalue weighted by molar-refractivity contribution is -0.122. The minimum atomic E-state index is -0.369. The van der Waals surface area contributed by atoms with Crippen molar-refractivity contribution in [2.75, 3.05) is 0 Å². The molecule has 88 heavy (non-hydrogen) atoms. The van der Waals surface area contributed by atoms with E-state index in [4.69, 9.17) is 0 Å². The van der Waals surface area contributed by atoms with E-state index >= 15 is 0 Å². The summed E-state index contributed by atoms with van der Waals surface area (Å²) in [6.07, 6.45) is 30.4. The molecule has 12 rings (SSSR count). The number of rotatable bonds is 16. The smallest absolute Gasteiger partial charge is 0.150 e. The molecule has 0 amide bonds. The van der Waals surface area contributed by atoms with E-state index < -0.39 is 0 Å². The zero-order valence-corrected chi connectivity index (χ0v) is 50.5. The molecule has 14 heteroatoms. The molecule has 0 saturated carbocycles. The van der Waals surface area contributed by atoms with Gasteiger partial charge in [-0.05, 0) is 181 Å². The summed E-state index contributed by atoms with van der Waals surface area (Å²) in [5, 5.41) is 0. The second-order valence-electron chi connectivity index (χ2n) is 20.0. The molecule has 424 valence electrons. The van der Waals surface area contributed by atoms with Gasteiger partial charge in [0.15, 0.2) is 0 Å². The molecule has 12 heterocycles. The van der Waals surface area contributed by atoms with Crippen LogP contribution in [0.1, 0.15) is 107 Å². The normalized spacial score (nSPS) is 11.8. The van der Waals surface area contributed by atoms with Gasteiger partial charge in [-0.15, -0.1) is 45.3 Å². The summed E-state index contributed by atoms with van der Waals surface area (Å²) in [4.78, 5) is 70.5. The molecule has 0 aliphatic carbocycles. The zero-order valence-electron chi connectivity index (χ0n) is 47.3. The minimum Gasteiger partial charge on any atom is -0.298 e. The highest BCUT2D eigenvalue weighted by molar-refractivity contribution is 7.14. The third kappa shape index (κ3) is 16.9. The molecule has 0 aliphatic rings. The molecule has 12 aromatic rings. The van der Waals surface area contributed by atoms with Crippen LogP contribution in [0.15, 0.2) is 245 Å². The van der Waals surface area contributed by atoms with Gasteiger partial charge in [-0.2, -0.15) is 0 Å². The van der Waals surface area contributed by atoms with Gasteiger partial charge < -0.3 is 0 Å². The van der Waals surface area contributed by atoms with Gasteiger partial charge >= 0.3 is 0 Å². The molecule has 0 bridgehead atoms. The van der Waals surface area contributed by atoms with Gasteiger partial charge in [0, 0.05) is 141 Å². The van der Waals surface area contributed by atoms with Crippen molar-refractivity contribution in [1.29, 1.82) is 0 Å². The first-order valence-electron chi connectivity index (χ1n) is 28.1. The van der Waals surface area contributed by atoms with Crippen molar-refractivity contribution in [2.24, 2.45) is 0 Å². The number of carbonyl (C=O) groups excluding carboxylic acids is 2. The number of aromatic nitrogens is 8. The largest absolute Gasteiger partial charge is 0.298 e. The van der Waals surface area contributed by atoms with Gasteiger partial charge in [0.25, 0.3) is 0 Å². The fourth-order valence-corrected chi connectivity index (χ4v) is 13.5. The van der Waals surface area contributed by atoms with Gasteiger partial charge in [0.1, 0.15) is 11.6 Å². The maximum atomic E-state index is 14.7. The van der Waals surface area contributed by atoms with Crippen LogP contribution in [0.25, 0.3) is 0 Å². The minimum absolute atomic E-state index is 0.153. The van der Waals surface area contributed by atoms with Crippen LogP contribution < -0.4 is 0 Å². The number of pyridine rings is 8. The number of nitrogens with zero attached hydrogens (tertiary/aromatic N) is 8. The number of carbonyl (C=O) groups is 2. The summed E-state index contributed by atoms with van der Waals surface area (Å²) < 4.78 is 0. The molecule has 10 nitrogen and oxygen atoms in total. The average Bonchev–Trinajstić information content (AvgIpc) is 2.93. The van der Waals surface area contributed by atoms with Crippen LogP contribution in [0.4, 0.5) is 0 Å². The Hall–Kier alpha value is -10.4. The molecule has 0 radical (unpaired) electrons. The summed E-state index contributed by atoms with van der Waals surface area (Å²) in [6.45, 7) is 0. The Morgan fingerprint density at radius 1 is 0.273 bits per heavy atom. The lowest BCUT2D eigenvalue weighted by atomic mass is 9.83. The molecule has 0 fully saturated rings. The van der Waals surface area contributed by atoms with Crippen molar-refractivity contribution < 1.29 is 9.59 Å². The quantitative estimate of drug-likeness (QED) is 0.0860. The van der Waals surface area contributed by atoms with E-state index in [1.807, 2.05) is 146 Å². The van der Waals surface area contributed by atoms with Crippen LogP contribution in [-0.4, -0.2) is 51.4 Å². The number of thiophene rings is 4. The van der Waals surface area contributed by atoms with E-state index in [0.29, 0.717) is 25.7 Å². The SMILES string of the molecule is O=C(C(Cc1cccnc1)c1ccc(C#Cc2cccnc2)s1)C(Cc1cccnc1)c1ccc(C#Cc2cccnc2)s1.O=C(C(Cc1ccncc1)c1ccc(C#Cc2ccncc2)s1)C(Cc1ccncc1)c1ccc(C#Cc2ccncc2)s1. The second kappa shape index (κ2) is 30.6. The van der Waals surface area contributed by atoms with Gasteiger partial charge in [-0.3, -0.25) is 49.5 Å². The van der Waals surface area contributed by atoms with Crippen LogP contribution in [-0.2, 0) is 35.3 Å². The Labute approximate surface area is 527 Å². The molecule has 0 aliphatic heterocycles. The fraction of sp³-hybridized carbons (Fsp3) is 0.108. The topological polar surface area (TPSA) is 137 Å². The van der Waals surface area contributed by atoms with Crippen LogP contribution in [0, 0.1) is 47.4 Å². The van der Waals surface area contributed by atoms with E-state index in [-0.39, 0.29) is 35.2 Å². The lowest BCUT2D eigenvalue weighted by Crippen LogP contribution is -2.23. The summed E-state index contributed by atoms with van der Waals surface area (Å²) >= 11 is 6.29. The molecule has 4 unspecified atom stereocenters. The van der Waals surface area contributed by atoms with Crippen LogP contribution >= 0.6 is 45.3 Å². The van der Waals surface area contributed by atoms with Crippen molar-refractivity contribution in [3.8, 4) is 47.4 Å². The highest BCUT2D eigenvalue weighted by Crippen LogP contribution is 2.39. The highest BCUT2D eigenvalue weighted by atomic mass is 32.1. The first-order valence-corrected chi connectivity index (χ1v) is 31.4. The Morgan fingerprint density at radius 3 is 0.852 bits per heavy atom. The molecule has 0 aromatic carbocycles. The molecule has 0 saturated heterocycles. The Morgan fingerprint density at radius 2 is 0.557 bits per heavy atom. The van der Waals surface area contributed by atoms with Crippen molar-refractivity contribution in [3.63, 3.8) is 0 Å². The molecule has 0 N–H and O–H groups in total. The first kappa shape index (κ1) is 59.3. The lowest BCUT2D eigenvalue weighted by Gasteiger charge is -2.22. The Balaban J connectivity index is 0.000000182. The number of hydrogen-bond acceptors (Lipinski definition) is 14. The van der Waals surface area contributed by atoms with E-state index in [0.717, 1.165) is 83.5 Å². The monoisotopic (exact) mass is 1210 g/mol. The van der Waals surface area contributed by atoms with Crippen LogP contribution in [0.3, 0.4) is 0 Å². The van der Waals surface area contributed by atoms with Gasteiger partial charge in [-0.25, -0.2) is 0 Å². The highest BCUT2D eigenvalue weighted by Gasteiger charge is 2.34. The van der Waals surface area contributed by atoms with Crippen LogP contribution in [0.2, 0.25) is 0 Å². The predicted octanol–water partition coefficient (Wildman–Crippen LogP) is 14.2. The molecule has 4 atom stereocenters. The summed E-state index contributed by atoms with van der Waals surface area (Å²) in [5.74, 6) is 24.7. The van der Waals surface area contributed by atoms with Gasteiger partial charge in [0.2, 0.25) is 0 Å². The predicted molar refractivity (Wildman–Crippen MR) is 351 cm³/mol. The summed E-state index contributed by atoms with van der Waals surface area (Å²) in [6, 6.07) is 47.1. The van der Waals surface area contributed by atoms with E-state index in [2.05, 4.69) is 99.4 Å². The van der Waals surface area contributed by atoms with Crippen LogP contribution in [0.5, 0.6) is 0 Å². The third-order valence-electron chi connectivity index (χ3n) is 14.0. The average molecular weight is 1210 g/mol. The molecular weight excluding hydrogens is 1160 g/mol. The van der Waals surface area contributed by atoms with Gasteiger partial charge in [-0.1, -0.05) is 59.5 Å². The van der Waals surface area contributed by atoms with E-state index in [9.17, 15) is 9.59 Å². The zero-order chi connectivity index (χ0) is 60.0. The van der Waals surface area contributed by atoms with Crippen molar-refractivity contribution >= 4 is 56.9 Å². The Bertz CT molecular complexity index is 3900. The maximum absolute atomic E-state index is 14.7. The van der Waals surface area contributed by atoms with Crippen molar-refractivity contribution in [3.05, 3.63) is 328 Å². The standard InChI is InChI=1S/2C37H26N4OS2/c42-37(33(21-29-7-3-19-40-25-29)35-15-13-31(43-35)11-9-27-5-1-17-38-23-27)34(22-30-8-4-20-41-26-30)36-16-14-32(44-36)12-10-28-6-2-18-39-24-28;42-37(33(25-29-13-21-40-22-14-29)35-7-5-31(43-35)3-1-27-9-17-38-18-10-27)34(26-30-15-23-41-24-16-30)36-8-6-32(44-36)4-2-28-11-19-39-20-12-28/h1-8,13-20,23-26,33-34H,21-22H2;5-24,33-34H,25-26H2. The van der Waals surface area contributed by atoms with Crippen molar-refractivity contribution in [2.45, 2.75) is 49.4 Å². The fourth-order valence-electron chi connectivity index (χ4n) is 9.58. The molecule has 0 spiro atoms.